The summed E-state index contributed by atoms with van der Waals surface area (Å²) in [6.07, 6.45) is 7.23. The van der Waals surface area contributed by atoms with E-state index in [0.29, 0.717) is 29.6 Å². The van der Waals surface area contributed by atoms with Crippen LogP contribution in [0, 0.1) is 0 Å². The van der Waals surface area contributed by atoms with E-state index in [0.717, 1.165) is 49.1 Å². The van der Waals surface area contributed by atoms with Crippen molar-refractivity contribution in [2.24, 2.45) is 0 Å². The van der Waals surface area contributed by atoms with Crippen LogP contribution in [0.2, 0.25) is 5.02 Å². The van der Waals surface area contributed by atoms with Gasteiger partial charge >= 0.3 is 0 Å². The van der Waals surface area contributed by atoms with Crippen molar-refractivity contribution in [2.75, 3.05) is 6.54 Å². The second kappa shape index (κ2) is 8.82. The van der Waals surface area contributed by atoms with E-state index in [9.17, 15) is 4.79 Å². The number of carbonyl (C=O) groups excluding carboxylic acids is 1. The minimum atomic E-state index is -0.147. The zero-order valence-corrected chi connectivity index (χ0v) is 17.3. The maximum absolute atomic E-state index is 13.0. The predicted octanol–water partition coefficient (Wildman–Crippen LogP) is 4.96. The molecule has 0 aliphatic carbocycles. The molecule has 0 saturated carbocycles. The molecule has 7 heteroatoms. The number of aromatic amines is 1. The van der Waals surface area contributed by atoms with Gasteiger partial charge in [0.05, 0.1) is 6.20 Å². The molecule has 3 heterocycles. The number of aromatic nitrogens is 3. The van der Waals surface area contributed by atoms with E-state index in [1.54, 1.807) is 6.20 Å². The summed E-state index contributed by atoms with van der Waals surface area (Å²) in [5.74, 6) is 1.29. The van der Waals surface area contributed by atoms with Crippen LogP contribution in [0.25, 0.3) is 0 Å². The molecule has 1 atom stereocenters. The molecule has 4 rings (SSSR count). The van der Waals surface area contributed by atoms with E-state index in [4.69, 9.17) is 16.0 Å². The van der Waals surface area contributed by atoms with Crippen molar-refractivity contribution in [2.45, 2.75) is 51.5 Å². The molecule has 1 aromatic carbocycles. The number of carbonyl (C=O) groups is 1. The molecule has 1 aliphatic heterocycles. The van der Waals surface area contributed by atoms with Crippen LogP contribution < -0.4 is 0 Å². The largest absolute Gasteiger partial charge is 0.443 e. The molecule has 1 fully saturated rings. The summed E-state index contributed by atoms with van der Waals surface area (Å²) in [7, 11) is 0. The quantitative estimate of drug-likeness (QED) is 0.595. The SMILES string of the molecule is CCCCc1cc(C(=O)N2CCC[C@@H]2c2ncc(Cc3cccc(Cl)c3)o2)n[nH]1. The van der Waals surface area contributed by atoms with Gasteiger partial charge in [0, 0.05) is 23.7 Å². The van der Waals surface area contributed by atoms with E-state index in [1.165, 1.54) is 0 Å². The Morgan fingerprint density at radius 3 is 3.10 bits per heavy atom. The van der Waals surface area contributed by atoms with Gasteiger partial charge in [0.15, 0.2) is 0 Å². The van der Waals surface area contributed by atoms with Crippen LogP contribution in [0.1, 0.15) is 72.0 Å². The van der Waals surface area contributed by atoms with E-state index >= 15 is 0 Å². The average Bonchev–Trinajstić information content (AvgIpc) is 3.46. The highest BCUT2D eigenvalue weighted by molar-refractivity contribution is 6.30. The minimum Gasteiger partial charge on any atom is -0.443 e. The maximum Gasteiger partial charge on any atom is 0.275 e. The fourth-order valence-electron chi connectivity index (χ4n) is 3.79. The number of benzene rings is 1. The molecular weight excluding hydrogens is 388 g/mol. The Morgan fingerprint density at radius 2 is 2.28 bits per heavy atom. The lowest BCUT2D eigenvalue weighted by molar-refractivity contribution is 0.0708. The first-order chi connectivity index (χ1) is 14.1. The number of nitrogens with one attached hydrogen (secondary N) is 1. The van der Waals surface area contributed by atoms with Crippen molar-refractivity contribution in [1.82, 2.24) is 20.1 Å². The van der Waals surface area contributed by atoms with Crippen molar-refractivity contribution in [3.8, 4) is 0 Å². The Balaban J connectivity index is 1.46. The van der Waals surface area contributed by atoms with Crippen molar-refractivity contribution in [3.63, 3.8) is 0 Å². The van der Waals surface area contributed by atoms with E-state index in [2.05, 4.69) is 22.1 Å². The lowest BCUT2D eigenvalue weighted by atomic mass is 10.1. The molecule has 1 amide bonds. The Hall–Kier alpha value is -2.60. The number of oxazole rings is 1. The number of unbranched alkanes of at least 4 members (excludes halogenated alkanes) is 1. The van der Waals surface area contributed by atoms with Gasteiger partial charge in [0.25, 0.3) is 5.91 Å². The highest BCUT2D eigenvalue weighted by Gasteiger charge is 2.34. The number of H-pyrrole nitrogens is 1. The third-order valence-corrected chi connectivity index (χ3v) is 5.52. The molecule has 0 bridgehead atoms. The van der Waals surface area contributed by atoms with Crippen molar-refractivity contribution in [1.29, 1.82) is 0 Å². The number of nitrogens with zero attached hydrogens (tertiary/aromatic N) is 3. The zero-order valence-electron chi connectivity index (χ0n) is 16.5. The van der Waals surface area contributed by atoms with Gasteiger partial charge in [-0.25, -0.2) is 4.98 Å². The predicted molar refractivity (Wildman–Crippen MR) is 111 cm³/mol. The first-order valence-electron chi connectivity index (χ1n) is 10.2. The summed E-state index contributed by atoms with van der Waals surface area (Å²) in [6, 6.07) is 9.42. The third kappa shape index (κ3) is 4.53. The summed E-state index contributed by atoms with van der Waals surface area (Å²) in [4.78, 5) is 19.3. The summed E-state index contributed by atoms with van der Waals surface area (Å²) in [5.41, 5.74) is 2.54. The number of aryl methyl sites for hydroxylation is 1. The fourth-order valence-corrected chi connectivity index (χ4v) is 4.00. The number of rotatable bonds is 7. The second-order valence-corrected chi connectivity index (χ2v) is 7.95. The molecule has 6 nitrogen and oxygen atoms in total. The van der Waals surface area contributed by atoms with Gasteiger partial charge < -0.3 is 9.32 Å². The smallest absolute Gasteiger partial charge is 0.275 e. The van der Waals surface area contributed by atoms with E-state index in [-0.39, 0.29) is 11.9 Å². The molecular formula is C22H25ClN4O2. The molecule has 1 saturated heterocycles. The summed E-state index contributed by atoms with van der Waals surface area (Å²) >= 11 is 6.06. The molecule has 3 aromatic rings. The summed E-state index contributed by atoms with van der Waals surface area (Å²) in [6.45, 7) is 2.83. The average molecular weight is 413 g/mol. The third-order valence-electron chi connectivity index (χ3n) is 5.29. The van der Waals surface area contributed by atoms with Crippen molar-refractivity contribution in [3.05, 3.63) is 70.2 Å². The minimum absolute atomic E-state index is 0.0684. The summed E-state index contributed by atoms with van der Waals surface area (Å²) in [5, 5.41) is 7.92. The Bertz CT molecular complexity index is 981. The topological polar surface area (TPSA) is 75.0 Å². The normalized spacial score (nSPS) is 16.5. The summed E-state index contributed by atoms with van der Waals surface area (Å²) < 4.78 is 6.01. The van der Waals surface area contributed by atoms with Crippen LogP contribution in [-0.2, 0) is 12.8 Å². The number of amides is 1. The molecule has 2 aromatic heterocycles. The number of hydrogen-bond donors (Lipinski definition) is 1. The van der Waals surface area contributed by atoms with Gasteiger partial charge in [-0.3, -0.25) is 9.89 Å². The molecule has 1 aliphatic rings. The number of hydrogen-bond acceptors (Lipinski definition) is 4. The molecule has 0 unspecified atom stereocenters. The monoisotopic (exact) mass is 412 g/mol. The zero-order chi connectivity index (χ0) is 20.2. The van der Waals surface area contributed by atoms with Crippen molar-refractivity contribution < 1.29 is 9.21 Å². The van der Waals surface area contributed by atoms with Gasteiger partial charge in [0.1, 0.15) is 17.5 Å². The van der Waals surface area contributed by atoms with E-state index in [1.807, 2.05) is 35.2 Å². The van der Waals surface area contributed by atoms with Crippen LogP contribution in [-0.4, -0.2) is 32.5 Å². The fraction of sp³-hybridized carbons (Fsp3) is 0.409. The highest BCUT2D eigenvalue weighted by Crippen LogP contribution is 2.33. The van der Waals surface area contributed by atoms with Gasteiger partial charge in [-0.1, -0.05) is 37.1 Å². The maximum atomic E-state index is 13.0. The number of halogens is 1. The standard InChI is InChI=1S/C22H25ClN4O2/c1-2-3-8-17-13-19(26-25-17)22(28)27-10-5-9-20(27)21-24-14-18(29-21)12-15-6-4-7-16(23)11-15/h4,6-7,11,13-14,20H,2-3,5,8-10,12H2,1H3,(H,25,26)/t20-/m1/s1. The van der Waals surface area contributed by atoms with Gasteiger partial charge in [-0.15, -0.1) is 0 Å². The first-order valence-corrected chi connectivity index (χ1v) is 10.6. The van der Waals surface area contributed by atoms with Crippen LogP contribution in [0.3, 0.4) is 0 Å². The van der Waals surface area contributed by atoms with E-state index < -0.39 is 0 Å². The molecule has 29 heavy (non-hydrogen) atoms. The second-order valence-electron chi connectivity index (χ2n) is 7.51. The lowest BCUT2D eigenvalue weighted by Crippen LogP contribution is -2.31. The molecule has 0 radical (unpaired) electrons. The van der Waals surface area contributed by atoms with Gasteiger partial charge in [-0.05, 0) is 49.4 Å². The van der Waals surface area contributed by atoms with Crippen LogP contribution in [0.5, 0.6) is 0 Å². The van der Waals surface area contributed by atoms with Gasteiger partial charge in [-0.2, -0.15) is 5.10 Å². The first kappa shape index (κ1) is 19.7. The lowest BCUT2D eigenvalue weighted by Gasteiger charge is -2.21. The van der Waals surface area contributed by atoms with Crippen LogP contribution in [0.15, 0.2) is 40.9 Å². The Morgan fingerprint density at radius 1 is 1.38 bits per heavy atom. The Kier molecular flexibility index (Phi) is 6.00. The highest BCUT2D eigenvalue weighted by atomic mass is 35.5. The van der Waals surface area contributed by atoms with Crippen LogP contribution >= 0.6 is 11.6 Å². The molecule has 1 N–H and O–H groups in total. The number of likely N-dealkylation sites (tertiary alicyclic amines) is 1. The molecule has 152 valence electrons. The van der Waals surface area contributed by atoms with Gasteiger partial charge in [0.2, 0.25) is 5.89 Å². The van der Waals surface area contributed by atoms with Crippen LogP contribution in [0.4, 0.5) is 0 Å². The Labute approximate surface area is 175 Å². The van der Waals surface area contributed by atoms with Crippen molar-refractivity contribution >= 4 is 17.5 Å². The molecule has 0 spiro atoms.